The van der Waals surface area contributed by atoms with E-state index >= 15 is 0 Å². The standard InChI is InChI=1S/C24H23NO4/c1-16-14-20(8-13-23(26)19-6-11-22(29-3)12-7-19)17(2)25(16)21-9-4-18(5-10-21)15-24(27)28/h4-14H,15H2,1-3H3,(H,27,28)/b13-8+. The summed E-state index contributed by atoms with van der Waals surface area (Å²) in [4.78, 5) is 23.3. The molecule has 1 N–H and O–H groups in total. The molecule has 0 fully saturated rings. The van der Waals surface area contributed by atoms with Gasteiger partial charge in [-0.25, -0.2) is 0 Å². The summed E-state index contributed by atoms with van der Waals surface area (Å²) in [6, 6.07) is 16.5. The van der Waals surface area contributed by atoms with Gasteiger partial charge in [0.05, 0.1) is 13.5 Å². The van der Waals surface area contributed by atoms with E-state index in [-0.39, 0.29) is 12.2 Å². The first-order valence-electron chi connectivity index (χ1n) is 9.25. The molecule has 3 aromatic rings. The van der Waals surface area contributed by atoms with Crippen molar-refractivity contribution in [3.63, 3.8) is 0 Å². The number of carbonyl (C=O) groups is 2. The minimum Gasteiger partial charge on any atom is -0.497 e. The number of rotatable bonds is 7. The van der Waals surface area contributed by atoms with E-state index in [0.29, 0.717) is 11.3 Å². The number of aryl methyl sites for hydroxylation is 1. The molecule has 5 nitrogen and oxygen atoms in total. The zero-order valence-corrected chi connectivity index (χ0v) is 16.7. The third-order valence-corrected chi connectivity index (χ3v) is 4.81. The number of aliphatic carboxylic acids is 1. The number of ether oxygens (including phenoxy) is 1. The molecule has 0 radical (unpaired) electrons. The summed E-state index contributed by atoms with van der Waals surface area (Å²) in [6.07, 6.45) is 3.40. The Balaban J connectivity index is 1.82. The van der Waals surface area contributed by atoms with Crippen LogP contribution in [0.25, 0.3) is 11.8 Å². The van der Waals surface area contributed by atoms with Gasteiger partial charge in [-0.05, 0) is 79.6 Å². The molecule has 148 valence electrons. The summed E-state index contributed by atoms with van der Waals surface area (Å²) in [5.74, 6) is -0.209. The van der Waals surface area contributed by atoms with Crippen molar-refractivity contribution >= 4 is 17.8 Å². The van der Waals surface area contributed by atoms with Crippen LogP contribution in [0.5, 0.6) is 5.75 Å². The fourth-order valence-electron chi connectivity index (χ4n) is 3.31. The van der Waals surface area contributed by atoms with Crippen LogP contribution in [0.15, 0.2) is 60.7 Å². The van der Waals surface area contributed by atoms with E-state index in [2.05, 4.69) is 4.57 Å². The largest absolute Gasteiger partial charge is 0.497 e. The van der Waals surface area contributed by atoms with E-state index in [1.165, 1.54) is 0 Å². The van der Waals surface area contributed by atoms with E-state index in [4.69, 9.17) is 9.84 Å². The number of benzene rings is 2. The van der Waals surface area contributed by atoms with Crippen LogP contribution in [0.1, 0.15) is 32.9 Å². The van der Waals surface area contributed by atoms with Crippen LogP contribution >= 0.6 is 0 Å². The Morgan fingerprint density at radius 1 is 1.03 bits per heavy atom. The van der Waals surface area contributed by atoms with Crippen LogP contribution in [0.4, 0.5) is 0 Å². The summed E-state index contributed by atoms with van der Waals surface area (Å²) in [7, 11) is 1.59. The van der Waals surface area contributed by atoms with Crippen molar-refractivity contribution in [2.45, 2.75) is 20.3 Å². The zero-order valence-electron chi connectivity index (χ0n) is 16.7. The van der Waals surface area contributed by atoms with Crippen molar-refractivity contribution in [1.82, 2.24) is 4.57 Å². The molecular formula is C24H23NO4. The average Bonchev–Trinajstić information content (AvgIpc) is 2.99. The van der Waals surface area contributed by atoms with Gasteiger partial charge in [-0.15, -0.1) is 0 Å². The average molecular weight is 389 g/mol. The van der Waals surface area contributed by atoms with E-state index in [0.717, 1.165) is 28.2 Å². The van der Waals surface area contributed by atoms with Crippen LogP contribution < -0.4 is 4.74 Å². The summed E-state index contributed by atoms with van der Waals surface area (Å²) < 4.78 is 7.20. The quantitative estimate of drug-likeness (QED) is 0.473. The molecule has 1 aromatic heterocycles. The number of carboxylic acid groups (broad SMARTS) is 1. The molecule has 0 aliphatic carbocycles. The molecule has 1 heterocycles. The van der Waals surface area contributed by atoms with E-state index in [1.807, 2.05) is 50.3 Å². The number of carboxylic acids is 1. The van der Waals surface area contributed by atoms with Gasteiger partial charge in [-0.2, -0.15) is 0 Å². The first-order chi connectivity index (χ1) is 13.9. The van der Waals surface area contributed by atoms with E-state index < -0.39 is 5.97 Å². The van der Waals surface area contributed by atoms with Crippen LogP contribution in [0.3, 0.4) is 0 Å². The summed E-state index contributed by atoms with van der Waals surface area (Å²) >= 11 is 0. The minimum atomic E-state index is -0.847. The fourth-order valence-corrected chi connectivity index (χ4v) is 3.31. The summed E-state index contributed by atoms with van der Waals surface area (Å²) in [6.45, 7) is 4.00. The lowest BCUT2D eigenvalue weighted by molar-refractivity contribution is -0.136. The second-order valence-corrected chi connectivity index (χ2v) is 6.82. The maximum Gasteiger partial charge on any atom is 0.307 e. The Bertz CT molecular complexity index is 1060. The number of carbonyl (C=O) groups excluding carboxylic acids is 1. The van der Waals surface area contributed by atoms with Crippen LogP contribution in [-0.2, 0) is 11.2 Å². The number of hydrogen-bond acceptors (Lipinski definition) is 3. The van der Waals surface area contributed by atoms with Crippen molar-refractivity contribution in [2.75, 3.05) is 7.11 Å². The van der Waals surface area contributed by atoms with E-state index in [9.17, 15) is 9.59 Å². The second kappa shape index (κ2) is 8.61. The van der Waals surface area contributed by atoms with Gasteiger partial charge in [0.2, 0.25) is 0 Å². The first kappa shape index (κ1) is 20.1. The van der Waals surface area contributed by atoms with Gasteiger partial charge in [0.15, 0.2) is 5.78 Å². The normalized spacial score (nSPS) is 11.0. The van der Waals surface area contributed by atoms with Crippen molar-refractivity contribution < 1.29 is 19.4 Å². The Kier molecular flexibility index (Phi) is 5.98. The molecule has 0 saturated heterocycles. The van der Waals surface area contributed by atoms with Gasteiger partial charge >= 0.3 is 5.97 Å². The highest BCUT2D eigenvalue weighted by Crippen LogP contribution is 2.23. The van der Waals surface area contributed by atoms with Gasteiger partial charge in [0.25, 0.3) is 0 Å². The van der Waals surface area contributed by atoms with Crippen molar-refractivity contribution in [2.24, 2.45) is 0 Å². The lowest BCUT2D eigenvalue weighted by Gasteiger charge is -2.10. The molecule has 2 aromatic carbocycles. The van der Waals surface area contributed by atoms with Gasteiger partial charge in [-0.3, -0.25) is 9.59 Å². The molecule has 0 aliphatic rings. The molecular weight excluding hydrogens is 366 g/mol. The van der Waals surface area contributed by atoms with Gasteiger partial charge in [0.1, 0.15) is 5.75 Å². The second-order valence-electron chi connectivity index (χ2n) is 6.82. The Hall–Kier alpha value is -3.60. The number of allylic oxidation sites excluding steroid dienone is 1. The van der Waals surface area contributed by atoms with Crippen molar-refractivity contribution in [3.8, 4) is 11.4 Å². The topological polar surface area (TPSA) is 68.5 Å². The maximum absolute atomic E-state index is 12.4. The monoisotopic (exact) mass is 389 g/mol. The van der Waals surface area contributed by atoms with Crippen LogP contribution in [0, 0.1) is 13.8 Å². The molecule has 0 saturated carbocycles. The highest BCUT2D eigenvalue weighted by Gasteiger charge is 2.10. The number of ketones is 1. The molecule has 0 unspecified atom stereocenters. The van der Waals surface area contributed by atoms with Crippen LogP contribution in [0.2, 0.25) is 0 Å². The Labute approximate surface area is 169 Å². The number of hydrogen-bond donors (Lipinski definition) is 1. The molecule has 0 spiro atoms. The third-order valence-electron chi connectivity index (χ3n) is 4.81. The molecule has 5 heteroatoms. The van der Waals surface area contributed by atoms with Gasteiger partial charge in [0, 0.05) is 22.6 Å². The predicted octanol–water partition coefficient (Wildman–Crippen LogP) is 4.63. The van der Waals surface area contributed by atoms with Crippen LogP contribution in [-0.4, -0.2) is 28.5 Å². The van der Waals surface area contributed by atoms with Crippen molar-refractivity contribution in [1.29, 1.82) is 0 Å². The first-order valence-corrected chi connectivity index (χ1v) is 9.25. The maximum atomic E-state index is 12.4. The number of methoxy groups -OCH3 is 1. The van der Waals surface area contributed by atoms with E-state index in [1.54, 1.807) is 37.5 Å². The molecule has 29 heavy (non-hydrogen) atoms. The lowest BCUT2D eigenvalue weighted by atomic mass is 10.1. The number of aromatic nitrogens is 1. The molecule has 0 atom stereocenters. The highest BCUT2D eigenvalue weighted by atomic mass is 16.5. The SMILES string of the molecule is COc1ccc(C(=O)/C=C/c2cc(C)n(-c3ccc(CC(=O)O)cc3)c2C)cc1. The lowest BCUT2D eigenvalue weighted by Crippen LogP contribution is -2.02. The predicted molar refractivity (Wildman–Crippen MR) is 113 cm³/mol. The number of nitrogens with zero attached hydrogens (tertiary/aromatic N) is 1. The Morgan fingerprint density at radius 3 is 2.28 bits per heavy atom. The van der Waals surface area contributed by atoms with Gasteiger partial charge in [-0.1, -0.05) is 12.1 Å². The third kappa shape index (κ3) is 4.63. The highest BCUT2D eigenvalue weighted by molar-refractivity contribution is 6.06. The summed E-state index contributed by atoms with van der Waals surface area (Å²) in [5, 5.41) is 8.91. The fraction of sp³-hybridized carbons (Fsp3) is 0.167. The minimum absolute atomic E-state index is 0.00534. The molecule has 3 rings (SSSR count). The summed E-state index contributed by atoms with van der Waals surface area (Å²) in [5.41, 5.74) is 5.31. The molecule has 0 bridgehead atoms. The molecule has 0 aliphatic heterocycles. The smallest absolute Gasteiger partial charge is 0.307 e. The molecule has 0 amide bonds. The van der Waals surface area contributed by atoms with Gasteiger partial charge < -0.3 is 14.4 Å². The van der Waals surface area contributed by atoms with Crippen molar-refractivity contribution in [3.05, 3.63) is 88.8 Å². The zero-order chi connectivity index (χ0) is 21.0. The Morgan fingerprint density at radius 2 is 1.69 bits per heavy atom.